The Morgan fingerprint density at radius 1 is 0.951 bits per heavy atom. The average molecular weight is 596 g/mol. The molecule has 3 aromatic rings. The molecule has 0 unspecified atom stereocenters. The third-order valence-electron chi connectivity index (χ3n) is 7.76. The fourth-order valence-electron chi connectivity index (χ4n) is 5.13. The summed E-state index contributed by atoms with van der Waals surface area (Å²) >= 11 is 6.03. The summed E-state index contributed by atoms with van der Waals surface area (Å²) in [5, 5.41) is 3.50. The van der Waals surface area contributed by atoms with Gasteiger partial charge in [0.05, 0.1) is 10.6 Å². The van der Waals surface area contributed by atoms with Crippen molar-refractivity contribution in [3.8, 4) is 0 Å². The molecule has 1 N–H and O–H groups in total. The van der Waals surface area contributed by atoms with Crippen LogP contribution in [0.15, 0.2) is 71.6 Å². The van der Waals surface area contributed by atoms with Crippen LogP contribution < -0.4 is 9.62 Å². The minimum Gasteiger partial charge on any atom is -0.352 e. The number of benzene rings is 3. The summed E-state index contributed by atoms with van der Waals surface area (Å²) in [4.78, 5) is 28.9. The van der Waals surface area contributed by atoms with Crippen LogP contribution in [0.5, 0.6) is 0 Å². The molecule has 0 heterocycles. The van der Waals surface area contributed by atoms with Crippen molar-refractivity contribution in [2.75, 3.05) is 10.8 Å². The van der Waals surface area contributed by atoms with Crippen molar-refractivity contribution < 1.29 is 18.0 Å². The highest BCUT2D eigenvalue weighted by Gasteiger charge is 2.33. The fraction of sp³-hybridized carbons (Fsp3) is 0.375. The molecule has 0 spiro atoms. The van der Waals surface area contributed by atoms with Gasteiger partial charge in [-0.2, -0.15) is 0 Å². The normalized spacial score (nSPS) is 14.5. The quantitative estimate of drug-likeness (QED) is 0.314. The van der Waals surface area contributed by atoms with E-state index in [2.05, 4.69) is 5.32 Å². The van der Waals surface area contributed by atoms with Gasteiger partial charge in [0.1, 0.15) is 12.6 Å². The number of anilines is 1. The Labute approximate surface area is 248 Å². The van der Waals surface area contributed by atoms with Gasteiger partial charge in [-0.1, -0.05) is 60.3 Å². The van der Waals surface area contributed by atoms with Crippen LogP contribution in [0.2, 0.25) is 5.02 Å². The molecule has 1 aliphatic rings. The Morgan fingerprint density at radius 3 is 2.27 bits per heavy atom. The molecule has 7 nitrogen and oxygen atoms in total. The first-order valence-corrected chi connectivity index (χ1v) is 15.8. The van der Waals surface area contributed by atoms with Gasteiger partial charge in [0, 0.05) is 17.6 Å². The molecule has 0 saturated heterocycles. The lowest BCUT2D eigenvalue weighted by molar-refractivity contribution is -0.139. The monoisotopic (exact) mass is 595 g/mol. The first kappa shape index (κ1) is 30.6. The summed E-state index contributed by atoms with van der Waals surface area (Å²) in [6.07, 6.45) is 3.98. The number of nitrogens with zero attached hydrogens (tertiary/aromatic N) is 2. The van der Waals surface area contributed by atoms with Crippen molar-refractivity contribution in [1.29, 1.82) is 0 Å². The highest BCUT2D eigenvalue weighted by molar-refractivity contribution is 7.92. The summed E-state index contributed by atoms with van der Waals surface area (Å²) in [5.74, 6) is -0.715. The van der Waals surface area contributed by atoms with Crippen LogP contribution in [0.1, 0.15) is 54.9 Å². The van der Waals surface area contributed by atoms with Gasteiger partial charge >= 0.3 is 0 Å². The van der Waals surface area contributed by atoms with E-state index >= 15 is 0 Å². The van der Waals surface area contributed by atoms with Gasteiger partial charge in [0.25, 0.3) is 10.0 Å². The number of amides is 2. The van der Waals surface area contributed by atoms with E-state index in [1.807, 2.05) is 51.1 Å². The van der Waals surface area contributed by atoms with Gasteiger partial charge in [-0.15, -0.1) is 0 Å². The van der Waals surface area contributed by atoms with Crippen LogP contribution >= 0.6 is 11.6 Å². The van der Waals surface area contributed by atoms with Crippen molar-refractivity contribution in [3.63, 3.8) is 0 Å². The Kier molecular flexibility index (Phi) is 9.76. The van der Waals surface area contributed by atoms with Crippen molar-refractivity contribution in [1.82, 2.24) is 10.2 Å². The summed E-state index contributed by atoms with van der Waals surface area (Å²) in [7, 11) is -4.15. The zero-order valence-electron chi connectivity index (χ0n) is 24.1. The third kappa shape index (κ3) is 7.49. The molecule has 2 amide bonds. The molecule has 0 radical (unpaired) electrons. The van der Waals surface area contributed by atoms with Gasteiger partial charge in [0.2, 0.25) is 11.8 Å². The number of carbonyl (C=O) groups is 2. The molecular weight excluding hydrogens is 558 g/mol. The summed E-state index contributed by atoms with van der Waals surface area (Å²) in [5.41, 5.74) is 4.15. The molecule has 0 bridgehead atoms. The largest absolute Gasteiger partial charge is 0.352 e. The molecule has 1 saturated carbocycles. The molecule has 3 aromatic carbocycles. The van der Waals surface area contributed by atoms with E-state index < -0.39 is 28.5 Å². The lowest BCUT2D eigenvalue weighted by Gasteiger charge is -2.32. The smallest absolute Gasteiger partial charge is 0.264 e. The van der Waals surface area contributed by atoms with Gasteiger partial charge < -0.3 is 10.2 Å². The highest BCUT2D eigenvalue weighted by atomic mass is 35.5. The molecule has 0 aromatic heterocycles. The molecular formula is C32H38ClN3O4S. The van der Waals surface area contributed by atoms with Crippen LogP contribution in [-0.2, 0) is 26.2 Å². The molecule has 4 rings (SSSR count). The number of sulfonamides is 1. The molecule has 1 atom stereocenters. The average Bonchev–Trinajstić information content (AvgIpc) is 3.44. The standard InChI is InChI=1S/C32H38ClN3O4S/c1-22-8-7-9-26(18-22)20-35(25(4)32(38)34-28-10-5-6-11-28)31(37)21-36(29-15-12-23(2)24(3)19-29)41(39,40)30-16-13-27(33)14-17-30/h7-9,12-19,25,28H,5-6,10-11,20-21H2,1-4H3,(H,34,38)/t25-/m1/s1. The topological polar surface area (TPSA) is 86.8 Å². The van der Waals surface area contributed by atoms with E-state index in [4.69, 9.17) is 11.6 Å². The number of nitrogens with one attached hydrogen (secondary N) is 1. The predicted molar refractivity (Wildman–Crippen MR) is 163 cm³/mol. The Balaban J connectivity index is 1.70. The molecule has 0 aliphatic heterocycles. The first-order valence-electron chi connectivity index (χ1n) is 14.0. The summed E-state index contributed by atoms with van der Waals surface area (Å²) < 4.78 is 29.1. The van der Waals surface area contributed by atoms with Crippen LogP contribution in [0.4, 0.5) is 5.69 Å². The van der Waals surface area contributed by atoms with E-state index in [0.29, 0.717) is 10.7 Å². The number of carbonyl (C=O) groups excluding carboxylic acids is 2. The highest BCUT2D eigenvalue weighted by Crippen LogP contribution is 2.27. The molecule has 41 heavy (non-hydrogen) atoms. The van der Waals surface area contributed by atoms with E-state index in [1.54, 1.807) is 19.1 Å². The van der Waals surface area contributed by atoms with E-state index in [-0.39, 0.29) is 23.4 Å². The molecule has 1 fully saturated rings. The zero-order chi connectivity index (χ0) is 29.7. The van der Waals surface area contributed by atoms with Crippen LogP contribution in [0, 0.1) is 20.8 Å². The van der Waals surface area contributed by atoms with Crippen molar-refractivity contribution in [2.45, 2.75) is 76.9 Å². The van der Waals surface area contributed by atoms with Gasteiger partial charge in [-0.3, -0.25) is 13.9 Å². The second kappa shape index (κ2) is 13.1. The minimum atomic E-state index is -4.15. The van der Waals surface area contributed by atoms with Gasteiger partial charge in [-0.05, 0) is 93.6 Å². The summed E-state index contributed by atoms with van der Waals surface area (Å²) in [6.45, 7) is 7.20. The lowest BCUT2D eigenvalue weighted by atomic mass is 10.1. The maximum absolute atomic E-state index is 14.1. The van der Waals surface area contributed by atoms with E-state index in [1.165, 1.54) is 29.2 Å². The second-order valence-electron chi connectivity index (χ2n) is 10.9. The fourth-order valence-corrected chi connectivity index (χ4v) is 6.66. The van der Waals surface area contributed by atoms with Crippen molar-refractivity contribution in [3.05, 3.63) is 94.0 Å². The van der Waals surface area contributed by atoms with Crippen LogP contribution in [0.25, 0.3) is 0 Å². The molecule has 9 heteroatoms. The first-order chi connectivity index (χ1) is 19.5. The Morgan fingerprint density at radius 2 is 1.63 bits per heavy atom. The third-order valence-corrected chi connectivity index (χ3v) is 9.80. The second-order valence-corrected chi connectivity index (χ2v) is 13.2. The summed E-state index contributed by atoms with van der Waals surface area (Å²) in [6, 6.07) is 18.2. The Hall–Kier alpha value is -3.36. The van der Waals surface area contributed by atoms with E-state index in [0.717, 1.165) is 52.2 Å². The SMILES string of the molecule is Cc1cccc(CN(C(=O)CN(c2ccc(C)c(C)c2)S(=O)(=O)c2ccc(Cl)cc2)[C@H](C)C(=O)NC2CCCC2)c1. The van der Waals surface area contributed by atoms with Crippen molar-refractivity contribution in [2.24, 2.45) is 0 Å². The molecule has 218 valence electrons. The maximum atomic E-state index is 14.1. The minimum absolute atomic E-state index is 0.0187. The van der Waals surface area contributed by atoms with Crippen molar-refractivity contribution >= 4 is 39.1 Å². The van der Waals surface area contributed by atoms with Gasteiger partial charge in [0.15, 0.2) is 0 Å². The number of halogens is 1. The predicted octanol–water partition coefficient (Wildman–Crippen LogP) is 5.94. The zero-order valence-corrected chi connectivity index (χ0v) is 25.6. The number of aryl methyl sites for hydroxylation is 3. The van der Waals surface area contributed by atoms with E-state index in [9.17, 15) is 18.0 Å². The lowest BCUT2D eigenvalue weighted by Crippen LogP contribution is -2.52. The Bertz CT molecular complexity index is 1500. The number of hydrogen-bond donors (Lipinski definition) is 1. The van der Waals surface area contributed by atoms with Gasteiger partial charge in [-0.25, -0.2) is 8.42 Å². The molecule has 1 aliphatic carbocycles. The van der Waals surface area contributed by atoms with Crippen LogP contribution in [0.3, 0.4) is 0 Å². The maximum Gasteiger partial charge on any atom is 0.264 e. The number of rotatable bonds is 10. The van der Waals surface area contributed by atoms with Crippen LogP contribution in [-0.4, -0.2) is 43.8 Å². The number of hydrogen-bond acceptors (Lipinski definition) is 4.